The Kier molecular flexibility index (Phi) is 5.25. The minimum Gasteiger partial charge on any atom is -0.769 e. The van der Waals surface area contributed by atoms with Crippen molar-refractivity contribution >= 4 is 29.1 Å². The molecule has 0 aliphatic rings. The maximum atomic E-state index is 12.6. The molecule has 0 fully saturated rings. The molecule has 1 aromatic carbocycles. The number of carbonyl (C=O) groups is 1. The van der Waals surface area contributed by atoms with Crippen LogP contribution in [0.5, 0.6) is 0 Å². The second-order valence-corrected chi connectivity index (χ2v) is 4.56. The van der Waals surface area contributed by atoms with Gasteiger partial charge in [-0.1, -0.05) is 0 Å². The molecular formula is C9H7F3N2O6S-2. The standard InChI is InChI=1S/C9H7F3N2O6S/c10-9(11,12)4-1-5(13(17)18)8(21-3-7(15)16)6(2-4)14(19)20/h1-2,17-18H,3H2,(H,15,16)/q-2. The average Bonchev–Trinajstić information content (AvgIpc) is 2.33. The van der Waals surface area contributed by atoms with E-state index in [1.165, 1.54) is 0 Å². The van der Waals surface area contributed by atoms with Crippen molar-refractivity contribution in [3.05, 3.63) is 28.1 Å². The average molecular weight is 328 g/mol. The first-order valence-corrected chi connectivity index (χ1v) is 5.94. The minimum atomic E-state index is -4.95. The summed E-state index contributed by atoms with van der Waals surface area (Å²) in [6.45, 7) is 0. The Morgan fingerprint density at radius 2 is 1.76 bits per heavy atom. The molecule has 3 N–H and O–H groups in total. The third-order valence-electron chi connectivity index (χ3n) is 2.13. The predicted molar refractivity (Wildman–Crippen MR) is 65.1 cm³/mol. The maximum absolute atomic E-state index is 12.6. The maximum Gasteiger partial charge on any atom is 0.416 e. The Bertz CT molecular complexity index is 508. The van der Waals surface area contributed by atoms with E-state index in [2.05, 4.69) is 0 Å². The highest BCUT2D eigenvalue weighted by atomic mass is 32.2. The Morgan fingerprint density at radius 3 is 2.14 bits per heavy atom. The Labute approximate surface area is 119 Å². The van der Waals surface area contributed by atoms with Crippen LogP contribution in [0.25, 0.3) is 0 Å². The van der Waals surface area contributed by atoms with E-state index in [0.717, 1.165) is 0 Å². The van der Waals surface area contributed by atoms with Crippen LogP contribution in [-0.2, 0) is 11.0 Å². The molecule has 0 saturated carbocycles. The fourth-order valence-electron chi connectivity index (χ4n) is 1.33. The number of alkyl halides is 3. The number of hydrogen-bond donors (Lipinski definition) is 3. The molecular weight excluding hydrogens is 321 g/mol. The molecule has 0 radical (unpaired) electrons. The van der Waals surface area contributed by atoms with Crippen LogP contribution in [0.2, 0.25) is 0 Å². The van der Waals surface area contributed by atoms with Gasteiger partial charge in [-0.3, -0.25) is 15.2 Å². The third kappa shape index (κ3) is 4.37. The molecule has 21 heavy (non-hydrogen) atoms. The van der Waals surface area contributed by atoms with E-state index in [1.807, 2.05) is 0 Å². The summed E-state index contributed by atoms with van der Waals surface area (Å²) >= 11 is 0.288. The van der Waals surface area contributed by atoms with Gasteiger partial charge in [0.25, 0.3) is 0 Å². The zero-order chi connectivity index (χ0) is 16.4. The number of halogens is 3. The zero-order valence-corrected chi connectivity index (χ0v) is 10.7. The highest BCUT2D eigenvalue weighted by molar-refractivity contribution is 8.00. The summed E-state index contributed by atoms with van der Waals surface area (Å²) in [5, 5.41) is 46.0. The smallest absolute Gasteiger partial charge is 0.416 e. The van der Waals surface area contributed by atoms with Gasteiger partial charge in [0.05, 0.1) is 16.2 Å². The summed E-state index contributed by atoms with van der Waals surface area (Å²) in [6.07, 6.45) is -4.95. The molecule has 0 bridgehead atoms. The van der Waals surface area contributed by atoms with E-state index in [4.69, 9.17) is 15.5 Å². The number of nitrogens with zero attached hydrogens (tertiary/aromatic N) is 2. The van der Waals surface area contributed by atoms with Gasteiger partial charge >= 0.3 is 12.1 Å². The predicted octanol–water partition coefficient (Wildman–Crippen LogP) is 2.27. The number of carboxylic acid groups (broad SMARTS) is 1. The summed E-state index contributed by atoms with van der Waals surface area (Å²) < 4.78 is 37.8. The van der Waals surface area contributed by atoms with Crippen molar-refractivity contribution in [2.24, 2.45) is 0 Å². The van der Waals surface area contributed by atoms with Crippen LogP contribution in [0.3, 0.4) is 0 Å². The molecule has 1 aromatic rings. The van der Waals surface area contributed by atoms with Gasteiger partial charge in [0.2, 0.25) is 0 Å². The van der Waals surface area contributed by atoms with Crippen LogP contribution in [0.1, 0.15) is 5.56 Å². The Hall–Kier alpha value is -1.73. The van der Waals surface area contributed by atoms with Crippen molar-refractivity contribution in [1.82, 2.24) is 0 Å². The summed E-state index contributed by atoms with van der Waals surface area (Å²) in [6, 6.07) is 0.453. The number of aliphatic carboxylic acids is 1. The van der Waals surface area contributed by atoms with E-state index in [9.17, 15) is 28.4 Å². The monoisotopic (exact) mass is 328 g/mol. The van der Waals surface area contributed by atoms with Crippen LogP contribution >= 0.6 is 11.8 Å². The topological polar surface area (TPSA) is 130 Å². The highest BCUT2D eigenvalue weighted by Crippen LogP contribution is 2.42. The molecule has 0 aliphatic carbocycles. The molecule has 0 atom stereocenters. The first-order valence-electron chi connectivity index (χ1n) is 4.96. The zero-order valence-electron chi connectivity index (χ0n) is 9.86. The van der Waals surface area contributed by atoms with Gasteiger partial charge in [0.1, 0.15) is 5.69 Å². The largest absolute Gasteiger partial charge is 0.769 e. The molecule has 0 heterocycles. The molecule has 0 saturated heterocycles. The van der Waals surface area contributed by atoms with E-state index in [0.29, 0.717) is 0 Å². The molecule has 0 amide bonds. The number of carboxylic acids is 1. The van der Waals surface area contributed by atoms with Gasteiger partial charge in [0, 0.05) is 5.69 Å². The van der Waals surface area contributed by atoms with Crippen LogP contribution in [0.15, 0.2) is 17.0 Å². The van der Waals surface area contributed by atoms with E-state index in [-0.39, 0.29) is 23.9 Å². The fraction of sp³-hybridized carbons (Fsp3) is 0.222. The number of anilines is 2. The van der Waals surface area contributed by atoms with Gasteiger partial charge in [-0.2, -0.15) is 13.2 Å². The van der Waals surface area contributed by atoms with Crippen molar-refractivity contribution in [3.63, 3.8) is 0 Å². The van der Waals surface area contributed by atoms with Gasteiger partial charge < -0.3 is 20.7 Å². The van der Waals surface area contributed by atoms with Gasteiger partial charge in [-0.05, 0) is 12.1 Å². The SMILES string of the molecule is O=C(O)CSc1c(N([O-])[O-])cc(C(F)(F)F)cc1N(O)O. The molecule has 12 heteroatoms. The highest BCUT2D eigenvalue weighted by Gasteiger charge is 2.33. The number of rotatable bonds is 5. The lowest BCUT2D eigenvalue weighted by atomic mass is 10.1. The normalized spacial score (nSPS) is 11.4. The van der Waals surface area contributed by atoms with Crippen LogP contribution < -0.4 is 10.5 Å². The van der Waals surface area contributed by atoms with Crippen molar-refractivity contribution < 1.29 is 33.5 Å². The molecule has 0 spiro atoms. The van der Waals surface area contributed by atoms with Gasteiger partial charge in [-0.25, -0.2) is 0 Å². The summed E-state index contributed by atoms with van der Waals surface area (Å²) in [5.74, 6) is -2.10. The molecule has 0 unspecified atom stereocenters. The van der Waals surface area contributed by atoms with Crippen LogP contribution in [0.4, 0.5) is 24.5 Å². The lowest BCUT2D eigenvalue weighted by molar-refractivity contribution is -0.137. The number of hydrogen-bond acceptors (Lipinski definition) is 8. The molecule has 1 rings (SSSR count). The van der Waals surface area contributed by atoms with Crippen molar-refractivity contribution in [2.45, 2.75) is 11.1 Å². The van der Waals surface area contributed by atoms with E-state index < -0.39 is 50.2 Å². The summed E-state index contributed by atoms with van der Waals surface area (Å²) in [5.41, 5.74) is -3.50. The summed E-state index contributed by atoms with van der Waals surface area (Å²) in [7, 11) is 0. The Balaban J connectivity index is 3.47. The number of benzene rings is 1. The van der Waals surface area contributed by atoms with Crippen molar-refractivity contribution in [1.29, 1.82) is 0 Å². The lowest BCUT2D eigenvalue weighted by Crippen LogP contribution is -2.17. The van der Waals surface area contributed by atoms with Crippen LogP contribution in [-0.4, -0.2) is 27.2 Å². The number of thioether (sulfide) groups is 1. The van der Waals surface area contributed by atoms with Crippen LogP contribution in [0, 0.1) is 10.4 Å². The molecule has 8 nitrogen and oxygen atoms in total. The van der Waals surface area contributed by atoms with E-state index in [1.54, 1.807) is 0 Å². The van der Waals surface area contributed by atoms with Gasteiger partial charge in [0.15, 0.2) is 0 Å². The third-order valence-corrected chi connectivity index (χ3v) is 3.23. The minimum absolute atomic E-state index is 0.192. The second kappa shape index (κ2) is 6.36. The summed E-state index contributed by atoms with van der Waals surface area (Å²) in [4.78, 5) is 9.84. The first-order chi connectivity index (χ1) is 9.54. The van der Waals surface area contributed by atoms with E-state index >= 15 is 0 Å². The van der Waals surface area contributed by atoms with Crippen molar-refractivity contribution in [3.8, 4) is 0 Å². The second-order valence-electron chi connectivity index (χ2n) is 3.57. The fourth-order valence-corrected chi connectivity index (χ4v) is 2.17. The van der Waals surface area contributed by atoms with Gasteiger partial charge in [-0.15, -0.1) is 17.0 Å². The lowest BCUT2D eigenvalue weighted by Gasteiger charge is -2.40. The molecule has 0 aromatic heterocycles. The molecule has 0 aliphatic heterocycles. The first kappa shape index (κ1) is 17.3. The van der Waals surface area contributed by atoms with Crippen molar-refractivity contribution in [2.75, 3.05) is 16.2 Å². The molecule has 118 valence electrons. The quantitative estimate of drug-likeness (QED) is 0.550. The Morgan fingerprint density at radius 1 is 1.24 bits per heavy atom.